The summed E-state index contributed by atoms with van der Waals surface area (Å²) >= 11 is 0. The molecule has 1 atom stereocenters. The molecule has 0 saturated carbocycles. The topological polar surface area (TPSA) is 69.6 Å². The number of carboxylic acid groups (broad SMARTS) is 1. The van der Waals surface area contributed by atoms with Crippen LogP contribution in [0, 0.1) is 5.41 Å². The Morgan fingerprint density at radius 2 is 2.25 bits per heavy atom. The Bertz CT molecular complexity index is 289. The van der Waals surface area contributed by atoms with Crippen LogP contribution in [0.3, 0.4) is 0 Å². The summed E-state index contributed by atoms with van der Waals surface area (Å²) in [5, 5.41) is 12.2. The number of nitrogens with one attached hydrogen (secondary N) is 1. The Hall–Kier alpha value is -1.10. The van der Waals surface area contributed by atoms with Crippen molar-refractivity contribution in [3.8, 4) is 0 Å². The van der Waals surface area contributed by atoms with Crippen LogP contribution in [-0.2, 0) is 9.59 Å². The number of carbonyl (C=O) groups excluding carboxylic acids is 1. The maximum Gasteiger partial charge on any atom is 0.310 e. The standard InChI is InChI=1S/C11H20N2O3/c1-11(2,10(15)16)7-12-8-4-5-9(14)13(3)6-8/h8,12H,4-7H2,1-3H3,(H,15,16). The van der Waals surface area contributed by atoms with Crippen LogP contribution in [0.25, 0.3) is 0 Å². The van der Waals surface area contributed by atoms with Gasteiger partial charge in [-0.2, -0.15) is 0 Å². The van der Waals surface area contributed by atoms with E-state index in [-0.39, 0.29) is 11.9 Å². The SMILES string of the molecule is CN1CC(NCC(C)(C)C(=O)O)CCC1=O. The molecular weight excluding hydrogens is 208 g/mol. The summed E-state index contributed by atoms with van der Waals surface area (Å²) in [7, 11) is 1.78. The molecule has 2 N–H and O–H groups in total. The average molecular weight is 228 g/mol. The van der Waals surface area contributed by atoms with Crippen molar-refractivity contribution in [1.29, 1.82) is 0 Å². The smallest absolute Gasteiger partial charge is 0.310 e. The third-order valence-corrected chi connectivity index (χ3v) is 3.04. The number of piperidine rings is 1. The van der Waals surface area contributed by atoms with Crippen LogP contribution in [0.15, 0.2) is 0 Å². The van der Waals surface area contributed by atoms with Crippen LogP contribution in [-0.4, -0.2) is 48.1 Å². The van der Waals surface area contributed by atoms with Crippen molar-refractivity contribution in [2.24, 2.45) is 5.41 Å². The number of hydrogen-bond acceptors (Lipinski definition) is 3. The Morgan fingerprint density at radius 3 is 2.75 bits per heavy atom. The first-order valence-electron chi connectivity index (χ1n) is 5.53. The number of amides is 1. The van der Waals surface area contributed by atoms with Gasteiger partial charge in [0, 0.05) is 32.6 Å². The van der Waals surface area contributed by atoms with Gasteiger partial charge in [-0.25, -0.2) is 0 Å². The molecule has 1 fully saturated rings. The van der Waals surface area contributed by atoms with E-state index < -0.39 is 11.4 Å². The van der Waals surface area contributed by atoms with Gasteiger partial charge < -0.3 is 15.3 Å². The van der Waals surface area contributed by atoms with Crippen LogP contribution < -0.4 is 5.32 Å². The first-order valence-corrected chi connectivity index (χ1v) is 5.53. The summed E-state index contributed by atoms with van der Waals surface area (Å²) in [5.74, 6) is -0.643. The molecule has 1 aliphatic rings. The van der Waals surface area contributed by atoms with Gasteiger partial charge in [-0.3, -0.25) is 9.59 Å². The zero-order valence-electron chi connectivity index (χ0n) is 10.1. The van der Waals surface area contributed by atoms with Gasteiger partial charge in [0.25, 0.3) is 0 Å². The molecule has 0 aromatic rings. The van der Waals surface area contributed by atoms with Crippen LogP contribution in [0.1, 0.15) is 26.7 Å². The summed E-state index contributed by atoms with van der Waals surface area (Å²) in [6, 6.07) is 0.210. The maximum atomic E-state index is 11.3. The van der Waals surface area contributed by atoms with E-state index in [0.29, 0.717) is 19.5 Å². The fourth-order valence-corrected chi connectivity index (χ4v) is 1.65. The normalized spacial score (nSPS) is 22.3. The van der Waals surface area contributed by atoms with Gasteiger partial charge in [-0.05, 0) is 20.3 Å². The van der Waals surface area contributed by atoms with Gasteiger partial charge in [-0.15, -0.1) is 0 Å². The molecule has 0 aromatic heterocycles. The number of rotatable bonds is 4. The monoisotopic (exact) mass is 228 g/mol. The van der Waals surface area contributed by atoms with Crippen molar-refractivity contribution in [3.05, 3.63) is 0 Å². The lowest BCUT2D eigenvalue weighted by Gasteiger charge is -2.32. The zero-order valence-corrected chi connectivity index (χ0v) is 10.1. The van der Waals surface area contributed by atoms with Crippen molar-refractivity contribution >= 4 is 11.9 Å². The van der Waals surface area contributed by atoms with E-state index in [2.05, 4.69) is 5.32 Å². The number of carboxylic acids is 1. The molecule has 1 unspecified atom stereocenters. The zero-order chi connectivity index (χ0) is 12.3. The predicted octanol–water partition coefficient (Wildman–Crippen LogP) is 0.308. The highest BCUT2D eigenvalue weighted by molar-refractivity contribution is 5.76. The second-order valence-electron chi connectivity index (χ2n) is 5.08. The third-order valence-electron chi connectivity index (χ3n) is 3.04. The van der Waals surface area contributed by atoms with Crippen molar-refractivity contribution in [3.63, 3.8) is 0 Å². The number of likely N-dealkylation sites (tertiary alicyclic amines) is 1. The van der Waals surface area contributed by atoms with Crippen molar-refractivity contribution < 1.29 is 14.7 Å². The minimum Gasteiger partial charge on any atom is -0.481 e. The Labute approximate surface area is 95.8 Å². The lowest BCUT2D eigenvalue weighted by atomic mass is 9.93. The molecule has 5 nitrogen and oxygen atoms in total. The minimum atomic E-state index is -0.805. The summed E-state index contributed by atoms with van der Waals surface area (Å²) in [5.41, 5.74) is -0.764. The number of likely N-dealkylation sites (N-methyl/N-ethyl adjacent to an activating group) is 1. The average Bonchev–Trinajstić information content (AvgIpc) is 2.20. The van der Waals surface area contributed by atoms with E-state index >= 15 is 0 Å². The highest BCUT2D eigenvalue weighted by Gasteiger charge is 2.29. The molecule has 1 saturated heterocycles. The molecule has 16 heavy (non-hydrogen) atoms. The third kappa shape index (κ3) is 3.20. The lowest BCUT2D eigenvalue weighted by molar-refractivity contribution is -0.147. The predicted molar refractivity (Wildman–Crippen MR) is 60.1 cm³/mol. The Kier molecular flexibility index (Phi) is 3.91. The van der Waals surface area contributed by atoms with Crippen LogP contribution in [0.4, 0.5) is 0 Å². The van der Waals surface area contributed by atoms with E-state index in [1.165, 1.54) is 0 Å². The highest BCUT2D eigenvalue weighted by atomic mass is 16.4. The van der Waals surface area contributed by atoms with Crippen LogP contribution in [0.2, 0.25) is 0 Å². The molecule has 1 rings (SSSR count). The quantitative estimate of drug-likeness (QED) is 0.726. The molecule has 5 heteroatoms. The summed E-state index contributed by atoms with van der Waals surface area (Å²) in [6.45, 7) is 4.48. The molecule has 0 radical (unpaired) electrons. The molecule has 0 spiro atoms. The Morgan fingerprint density at radius 1 is 1.62 bits per heavy atom. The number of carbonyl (C=O) groups is 2. The molecular formula is C11H20N2O3. The first-order chi connectivity index (χ1) is 7.33. The molecule has 0 aromatic carbocycles. The van der Waals surface area contributed by atoms with E-state index in [1.807, 2.05) is 0 Å². The molecule has 1 amide bonds. The van der Waals surface area contributed by atoms with Gasteiger partial charge in [0.15, 0.2) is 0 Å². The van der Waals surface area contributed by atoms with Crippen molar-refractivity contribution in [2.45, 2.75) is 32.7 Å². The van der Waals surface area contributed by atoms with E-state index in [4.69, 9.17) is 5.11 Å². The first kappa shape index (κ1) is 13.0. The number of hydrogen-bond donors (Lipinski definition) is 2. The van der Waals surface area contributed by atoms with Crippen molar-refractivity contribution in [1.82, 2.24) is 10.2 Å². The summed E-state index contributed by atoms with van der Waals surface area (Å²) in [4.78, 5) is 23.8. The maximum absolute atomic E-state index is 11.3. The van der Waals surface area contributed by atoms with Crippen LogP contribution in [0.5, 0.6) is 0 Å². The van der Waals surface area contributed by atoms with Gasteiger partial charge in [-0.1, -0.05) is 0 Å². The minimum absolute atomic E-state index is 0.163. The van der Waals surface area contributed by atoms with E-state index in [1.54, 1.807) is 25.8 Å². The molecule has 0 aliphatic carbocycles. The second kappa shape index (κ2) is 4.82. The summed E-state index contributed by atoms with van der Waals surface area (Å²) in [6.07, 6.45) is 1.33. The fraction of sp³-hybridized carbons (Fsp3) is 0.818. The Balaban J connectivity index is 2.39. The van der Waals surface area contributed by atoms with E-state index in [0.717, 1.165) is 6.42 Å². The fourth-order valence-electron chi connectivity index (χ4n) is 1.65. The van der Waals surface area contributed by atoms with Crippen molar-refractivity contribution in [2.75, 3.05) is 20.1 Å². The van der Waals surface area contributed by atoms with Gasteiger partial charge in [0.2, 0.25) is 5.91 Å². The number of aliphatic carboxylic acids is 1. The molecule has 1 heterocycles. The van der Waals surface area contributed by atoms with Crippen LogP contribution >= 0.6 is 0 Å². The van der Waals surface area contributed by atoms with Gasteiger partial charge >= 0.3 is 5.97 Å². The molecule has 0 bridgehead atoms. The molecule has 92 valence electrons. The summed E-state index contributed by atoms with van der Waals surface area (Å²) < 4.78 is 0. The van der Waals surface area contributed by atoms with E-state index in [9.17, 15) is 9.59 Å². The highest BCUT2D eigenvalue weighted by Crippen LogP contribution is 2.15. The molecule has 1 aliphatic heterocycles. The van der Waals surface area contributed by atoms with Gasteiger partial charge in [0.05, 0.1) is 5.41 Å². The largest absolute Gasteiger partial charge is 0.481 e. The lowest BCUT2D eigenvalue weighted by Crippen LogP contribution is -2.49. The second-order valence-corrected chi connectivity index (χ2v) is 5.08. The number of nitrogens with zero attached hydrogens (tertiary/aromatic N) is 1. The van der Waals surface area contributed by atoms with Gasteiger partial charge in [0.1, 0.15) is 0 Å².